The van der Waals surface area contributed by atoms with Crippen LogP contribution in [0.25, 0.3) is 0 Å². The van der Waals surface area contributed by atoms with E-state index in [9.17, 15) is 9.59 Å². The van der Waals surface area contributed by atoms with E-state index in [0.29, 0.717) is 17.1 Å². The number of ether oxygens (including phenoxy) is 2. The monoisotopic (exact) mass is 402 g/mol. The fraction of sp³-hybridized carbons (Fsp3) is 0.125. The molecule has 0 radical (unpaired) electrons. The number of hydrazone groups is 1. The third kappa shape index (κ3) is 6.31. The highest BCUT2D eigenvalue weighted by atomic mass is 16.5. The molecule has 3 rings (SSSR count). The Morgan fingerprint density at radius 1 is 0.900 bits per heavy atom. The van der Waals surface area contributed by atoms with Gasteiger partial charge in [-0.25, -0.2) is 10.2 Å². The molecule has 0 aliphatic rings. The lowest BCUT2D eigenvalue weighted by atomic mass is 10.1. The van der Waals surface area contributed by atoms with Gasteiger partial charge in [0.1, 0.15) is 11.5 Å². The van der Waals surface area contributed by atoms with E-state index >= 15 is 0 Å². The van der Waals surface area contributed by atoms with Gasteiger partial charge in [0.25, 0.3) is 5.91 Å². The van der Waals surface area contributed by atoms with Gasteiger partial charge in [0.05, 0.1) is 11.8 Å². The molecule has 0 aliphatic carbocycles. The molecule has 0 unspecified atom stereocenters. The van der Waals surface area contributed by atoms with E-state index in [2.05, 4.69) is 10.5 Å². The van der Waals surface area contributed by atoms with Gasteiger partial charge < -0.3 is 9.47 Å². The Morgan fingerprint density at radius 2 is 1.60 bits per heavy atom. The molecule has 0 heterocycles. The Balaban J connectivity index is 1.46. The summed E-state index contributed by atoms with van der Waals surface area (Å²) in [6.45, 7) is 3.76. The maximum absolute atomic E-state index is 12.2. The predicted octanol–water partition coefficient (Wildman–Crippen LogP) is 4.05. The lowest BCUT2D eigenvalue weighted by Gasteiger charge is -2.06. The van der Waals surface area contributed by atoms with E-state index in [1.165, 1.54) is 6.21 Å². The standard InChI is InChI=1S/C24H22N2O4/c1-17-6-10-21(11-7-17)29-16-23(27)26-25-15-19-8-12-22(13-9-19)30-24(28)20-5-3-4-18(2)14-20/h3-15H,16H2,1-2H3,(H,26,27)/b25-15-. The van der Waals surface area contributed by atoms with Crippen LogP contribution in [0, 0.1) is 13.8 Å². The lowest BCUT2D eigenvalue weighted by molar-refractivity contribution is -0.123. The number of carbonyl (C=O) groups is 2. The Bertz CT molecular complexity index is 1040. The second-order valence-corrected chi connectivity index (χ2v) is 6.72. The number of hydrogen-bond donors (Lipinski definition) is 1. The first-order chi connectivity index (χ1) is 14.5. The largest absolute Gasteiger partial charge is 0.484 e. The summed E-state index contributed by atoms with van der Waals surface area (Å²) in [6.07, 6.45) is 1.50. The number of aryl methyl sites for hydroxylation is 2. The summed E-state index contributed by atoms with van der Waals surface area (Å²) in [5, 5.41) is 3.90. The maximum Gasteiger partial charge on any atom is 0.343 e. The van der Waals surface area contributed by atoms with Crippen LogP contribution in [0.5, 0.6) is 11.5 Å². The van der Waals surface area contributed by atoms with Gasteiger partial charge in [0, 0.05) is 0 Å². The zero-order valence-corrected chi connectivity index (χ0v) is 16.8. The molecule has 3 aromatic rings. The number of carbonyl (C=O) groups excluding carboxylic acids is 2. The van der Waals surface area contributed by atoms with E-state index in [-0.39, 0.29) is 12.5 Å². The highest BCUT2D eigenvalue weighted by Crippen LogP contribution is 2.14. The quantitative estimate of drug-likeness (QED) is 0.280. The highest BCUT2D eigenvalue weighted by molar-refractivity contribution is 5.91. The minimum absolute atomic E-state index is 0.131. The van der Waals surface area contributed by atoms with Crippen LogP contribution in [0.4, 0.5) is 0 Å². The molecule has 6 heteroatoms. The third-order valence-electron chi connectivity index (χ3n) is 4.14. The number of nitrogens with one attached hydrogen (secondary N) is 1. The van der Waals surface area contributed by atoms with Gasteiger partial charge in [-0.2, -0.15) is 5.10 Å². The number of benzene rings is 3. The van der Waals surface area contributed by atoms with Gasteiger partial charge in [-0.3, -0.25) is 4.79 Å². The Hall–Kier alpha value is -3.93. The van der Waals surface area contributed by atoms with Gasteiger partial charge in [0.15, 0.2) is 6.61 Å². The summed E-state index contributed by atoms with van der Waals surface area (Å²) in [6, 6.07) is 21.4. The van der Waals surface area contributed by atoms with Crippen LogP contribution in [-0.4, -0.2) is 24.7 Å². The third-order valence-corrected chi connectivity index (χ3v) is 4.14. The van der Waals surface area contributed by atoms with Gasteiger partial charge in [-0.15, -0.1) is 0 Å². The van der Waals surface area contributed by atoms with Crippen molar-refractivity contribution in [3.63, 3.8) is 0 Å². The van der Waals surface area contributed by atoms with Crippen molar-refractivity contribution in [3.8, 4) is 11.5 Å². The van der Waals surface area contributed by atoms with Gasteiger partial charge in [0.2, 0.25) is 0 Å². The number of amides is 1. The Morgan fingerprint density at radius 3 is 2.30 bits per heavy atom. The zero-order chi connectivity index (χ0) is 21.3. The number of esters is 1. The molecule has 0 saturated carbocycles. The first-order valence-corrected chi connectivity index (χ1v) is 9.40. The molecule has 152 valence electrons. The molecule has 0 saturated heterocycles. The molecule has 6 nitrogen and oxygen atoms in total. The molecule has 1 N–H and O–H groups in total. The van der Waals surface area contributed by atoms with Crippen molar-refractivity contribution in [2.24, 2.45) is 5.10 Å². The van der Waals surface area contributed by atoms with Crippen LogP contribution in [0.15, 0.2) is 77.9 Å². The van der Waals surface area contributed by atoms with E-state index < -0.39 is 5.97 Å². The SMILES string of the molecule is Cc1ccc(OCC(=O)N/N=C\c2ccc(OC(=O)c3cccc(C)c3)cc2)cc1. The molecule has 30 heavy (non-hydrogen) atoms. The molecular weight excluding hydrogens is 380 g/mol. The van der Waals surface area contributed by atoms with Crippen molar-refractivity contribution < 1.29 is 19.1 Å². The van der Waals surface area contributed by atoms with E-state index in [1.54, 1.807) is 48.5 Å². The normalized spacial score (nSPS) is 10.6. The fourth-order valence-corrected chi connectivity index (χ4v) is 2.55. The zero-order valence-electron chi connectivity index (χ0n) is 16.8. The predicted molar refractivity (Wildman–Crippen MR) is 115 cm³/mol. The topological polar surface area (TPSA) is 77.0 Å². The van der Waals surface area contributed by atoms with Gasteiger partial charge in [-0.05, 0) is 67.9 Å². The average molecular weight is 402 g/mol. The van der Waals surface area contributed by atoms with Gasteiger partial charge in [-0.1, -0.05) is 35.4 Å². The summed E-state index contributed by atoms with van der Waals surface area (Å²) < 4.78 is 10.8. The summed E-state index contributed by atoms with van der Waals surface area (Å²) in [4.78, 5) is 24.0. The lowest BCUT2D eigenvalue weighted by Crippen LogP contribution is -2.24. The molecule has 3 aromatic carbocycles. The second kappa shape index (κ2) is 10.0. The fourth-order valence-electron chi connectivity index (χ4n) is 2.55. The molecule has 0 aliphatic heterocycles. The smallest absolute Gasteiger partial charge is 0.343 e. The maximum atomic E-state index is 12.2. The van der Waals surface area contributed by atoms with Crippen molar-refractivity contribution in [1.82, 2.24) is 5.43 Å². The molecule has 0 atom stereocenters. The average Bonchev–Trinajstić information content (AvgIpc) is 2.74. The van der Waals surface area contributed by atoms with Crippen LogP contribution in [-0.2, 0) is 4.79 Å². The molecule has 1 amide bonds. The molecule has 0 fully saturated rings. The van der Waals surface area contributed by atoms with E-state index in [0.717, 1.165) is 16.7 Å². The summed E-state index contributed by atoms with van der Waals surface area (Å²) in [5.41, 5.74) is 5.75. The minimum atomic E-state index is -0.416. The van der Waals surface area contributed by atoms with Crippen molar-refractivity contribution in [3.05, 3.63) is 95.1 Å². The van der Waals surface area contributed by atoms with Crippen LogP contribution in [0.1, 0.15) is 27.0 Å². The Kier molecular flexibility index (Phi) is 6.95. The second-order valence-electron chi connectivity index (χ2n) is 6.72. The van der Waals surface area contributed by atoms with Crippen molar-refractivity contribution in [2.45, 2.75) is 13.8 Å². The Labute approximate surface area is 175 Å². The molecule has 0 aromatic heterocycles. The van der Waals surface area contributed by atoms with Crippen molar-refractivity contribution >= 4 is 18.1 Å². The van der Waals surface area contributed by atoms with Crippen molar-refractivity contribution in [1.29, 1.82) is 0 Å². The molecule has 0 bridgehead atoms. The number of hydrogen-bond acceptors (Lipinski definition) is 5. The van der Waals surface area contributed by atoms with Crippen LogP contribution in [0.3, 0.4) is 0 Å². The van der Waals surface area contributed by atoms with Crippen LogP contribution >= 0.6 is 0 Å². The highest BCUT2D eigenvalue weighted by Gasteiger charge is 2.08. The van der Waals surface area contributed by atoms with Crippen LogP contribution in [0.2, 0.25) is 0 Å². The summed E-state index contributed by atoms with van der Waals surface area (Å²) >= 11 is 0. The number of nitrogens with zero attached hydrogens (tertiary/aromatic N) is 1. The summed E-state index contributed by atoms with van der Waals surface area (Å²) in [7, 11) is 0. The first kappa shape index (κ1) is 20.8. The van der Waals surface area contributed by atoms with Crippen LogP contribution < -0.4 is 14.9 Å². The molecule has 0 spiro atoms. The molecular formula is C24H22N2O4. The van der Waals surface area contributed by atoms with Gasteiger partial charge >= 0.3 is 5.97 Å². The van der Waals surface area contributed by atoms with Crippen molar-refractivity contribution in [2.75, 3.05) is 6.61 Å². The van der Waals surface area contributed by atoms with E-state index in [4.69, 9.17) is 9.47 Å². The first-order valence-electron chi connectivity index (χ1n) is 9.40. The summed E-state index contributed by atoms with van der Waals surface area (Å²) in [5.74, 6) is 0.265. The van der Waals surface area contributed by atoms with E-state index in [1.807, 2.05) is 38.1 Å². The minimum Gasteiger partial charge on any atom is -0.484 e. The number of rotatable bonds is 7.